The molecule has 0 unspecified atom stereocenters. The second-order valence-corrected chi connectivity index (χ2v) is 3.90. The largest absolute Gasteiger partial charge is 0.573 e. The zero-order valence-electron chi connectivity index (χ0n) is 8.47. The van der Waals surface area contributed by atoms with Crippen LogP contribution in [-0.2, 0) is 0 Å². The minimum atomic E-state index is -4.72. The Hall–Kier alpha value is -0.910. The molecule has 0 N–H and O–H groups in total. The highest BCUT2D eigenvalue weighted by molar-refractivity contribution is 9.10. The molecule has 0 spiro atoms. The topological polar surface area (TPSA) is 18.5 Å². The van der Waals surface area contributed by atoms with Gasteiger partial charge in [-0.25, -0.2) is 0 Å². The highest BCUT2D eigenvalue weighted by Crippen LogP contribution is 2.34. The second-order valence-electron chi connectivity index (χ2n) is 2.99. The van der Waals surface area contributed by atoms with E-state index < -0.39 is 6.36 Å². The summed E-state index contributed by atoms with van der Waals surface area (Å²) < 4.78 is 45.7. The normalized spacial score (nSPS) is 11.3. The van der Waals surface area contributed by atoms with Gasteiger partial charge in [-0.05, 0) is 24.6 Å². The molecule has 0 amide bonds. The van der Waals surface area contributed by atoms with Gasteiger partial charge in [-0.1, -0.05) is 22.9 Å². The van der Waals surface area contributed by atoms with Gasteiger partial charge >= 0.3 is 6.36 Å². The molecule has 2 nitrogen and oxygen atoms in total. The van der Waals surface area contributed by atoms with Gasteiger partial charge in [0.1, 0.15) is 0 Å². The molecule has 0 heterocycles. The molecule has 6 heteroatoms. The first kappa shape index (κ1) is 13.2. The SMILES string of the molecule is CCCOc1ccc(Br)cc1OC(F)(F)F. The number of benzene rings is 1. The average molecular weight is 299 g/mol. The number of ether oxygens (including phenoxy) is 2. The van der Waals surface area contributed by atoms with Crippen LogP contribution >= 0.6 is 15.9 Å². The van der Waals surface area contributed by atoms with Crippen molar-refractivity contribution >= 4 is 15.9 Å². The lowest BCUT2D eigenvalue weighted by Crippen LogP contribution is -2.17. The fraction of sp³-hybridized carbons (Fsp3) is 0.400. The van der Waals surface area contributed by atoms with E-state index in [1.165, 1.54) is 12.1 Å². The summed E-state index contributed by atoms with van der Waals surface area (Å²) in [6.07, 6.45) is -4.01. The lowest BCUT2D eigenvalue weighted by molar-refractivity contribution is -0.275. The quantitative estimate of drug-likeness (QED) is 0.832. The van der Waals surface area contributed by atoms with E-state index >= 15 is 0 Å². The summed E-state index contributed by atoms with van der Waals surface area (Å²) >= 11 is 3.07. The summed E-state index contributed by atoms with van der Waals surface area (Å²) in [5.74, 6) is -0.252. The molecular formula is C10H10BrF3O2. The summed E-state index contributed by atoms with van der Waals surface area (Å²) in [4.78, 5) is 0. The molecule has 0 aromatic heterocycles. The Morgan fingerprint density at radius 1 is 1.25 bits per heavy atom. The van der Waals surface area contributed by atoms with Crippen LogP contribution in [0.2, 0.25) is 0 Å². The predicted molar refractivity (Wildman–Crippen MR) is 56.6 cm³/mol. The van der Waals surface area contributed by atoms with E-state index in [1.54, 1.807) is 6.07 Å². The Morgan fingerprint density at radius 2 is 1.94 bits per heavy atom. The van der Waals surface area contributed by atoms with Crippen molar-refractivity contribution in [1.29, 1.82) is 0 Å². The van der Waals surface area contributed by atoms with E-state index in [1.807, 2.05) is 6.92 Å². The molecule has 90 valence electrons. The van der Waals surface area contributed by atoms with Crippen LogP contribution in [0.15, 0.2) is 22.7 Å². The molecule has 1 aromatic rings. The van der Waals surface area contributed by atoms with Crippen LogP contribution in [0, 0.1) is 0 Å². The van der Waals surface area contributed by atoms with Crippen molar-refractivity contribution in [3.8, 4) is 11.5 Å². The highest BCUT2D eigenvalue weighted by Gasteiger charge is 2.32. The van der Waals surface area contributed by atoms with Crippen molar-refractivity contribution in [2.75, 3.05) is 6.61 Å². The van der Waals surface area contributed by atoms with Crippen molar-refractivity contribution in [3.63, 3.8) is 0 Å². The molecule has 1 rings (SSSR count). The Morgan fingerprint density at radius 3 is 2.50 bits per heavy atom. The van der Waals surface area contributed by atoms with Gasteiger partial charge in [0.15, 0.2) is 11.5 Å². The molecule has 0 aliphatic carbocycles. The van der Waals surface area contributed by atoms with Crippen molar-refractivity contribution in [3.05, 3.63) is 22.7 Å². The van der Waals surface area contributed by atoms with Crippen molar-refractivity contribution in [2.24, 2.45) is 0 Å². The monoisotopic (exact) mass is 298 g/mol. The van der Waals surface area contributed by atoms with E-state index in [9.17, 15) is 13.2 Å². The van der Waals surface area contributed by atoms with E-state index in [4.69, 9.17) is 4.74 Å². The van der Waals surface area contributed by atoms with Crippen molar-refractivity contribution in [2.45, 2.75) is 19.7 Å². The fourth-order valence-electron chi connectivity index (χ4n) is 1.02. The molecule has 0 bridgehead atoms. The molecular weight excluding hydrogens is 289 g/mol. The molecule has 0 atom stereocenters. The third-order valence-corrected chi connectivity index (χ3v) is 2.09. The van der Waals surface area contributed by atoms with Crippen molar-refractivity contribution < 1.29 is 22.6 Å². The Bertz CT molecular complexity index is 352. The molecule has 0 aliphatic heterocycles. The van der Waals surface area contributed by atoms with Crippen LogP contribution in [0.5, 0.6) is 11.5 Å². The number of halogens is 4. The van der Waals surface area contributed by atoms with Gasteiger partial charge in [0, 0.05) is 4.47 Å². The van der Waals surface area contributed by atoms with Gasteiger partial charge in [0.25, 0.3) is 0 Å². The van der Waals surface area contributed by atoms with Crippen LogP contribution in [0.4, 0.5) is 13.2 Å². The maximum atomic E-state index is 12.1. The molecule has 1 aromatic carbocycles. The first-order chi connectivity index (χ1) is 7.42. The number of alkyl halides is 3. The predicted octanol–water partition coefficient (Wildman–Crippen LogP) is 4.14. The van der Waals surface area contributed by atoms with Gasteiger partial charge in [-0.15, -0.1) is 13.2 Å². The van der Waals surface area contributed by atoms with Crippen LogP contribution in [0.25, 0.3) is 0 Å². The third kappa shape index (κ3) is 4.30. The Labute approximate surface area is 99.5 Å². The lowest BCUT2D eigenvalue weighted by Gasteiger charge is -2.13. The van der Waals surface area contributed by atoms with Gasteiger partial charge in [0.05, 0.1) is 6.61 Å². The maximum Gasteiger partial charge on any atom is 0.573 e. The standard InChI is InChI=1S/C10H10BrF3O2/c1-2-5-15-8-4-3-7(11)6-9(8)16-10(12,13)14/h3-4,6H,2,5H2,1H3. The zero-order valence-corrected chi connectivity index (χ0v) is 10.1. The van der Waals surface area contributed by atoms with Crippen LogP contribution < -0.4 is 9.47 Å². The molecule has 0 radical (unpaired) electrons. The minimum Gasteiger partial charge on any atom is -0.490 e. The van der Waals surface area contributed by atoms with Crippen LogP contribution in [-0.4, -0.2) is 13.0 Å². The molecule has 0 aliphatic rings. The Balaban J connectivity index is 2.89. The summed E-state index contributed by atoms with van der Waals surface area (Å²) in [5, 5.41) is 0. The fourth-order valence-corrected chi connectivity index (χ4v) is 1.36. The zero-order chi connectivity index (χ0) is 12.2. The summed E-state index contributed by atoms with van der Waals surface area (Å²) in [6.45, 7) is 2.21. The summed E-state index contributed by atoms with van der Waals surface area (Å²) in [7, 11) is 0. The van der Waals surface area contributed by atoms with Crippen LogP contribution in [0.3, 0.4) is 0 Å². The first-order valence-electron chi connectivity index (χ1n) is 4.60. The van der Waals surface area contributed by atoms with Crippen molar-refractivity contribution in [1.82, 2.24) is 0 Å². The summed E-state index contributed by atoms with van der Waals surface area (Å²) in [5.41, 5.74) is 0. The Kier molecular flexibility index (Phi) is 4.46. The molecule has 16 heavy (non-hydrogen) atoms. The van der Waals surface area contributed by atoms with Gasteiger partial charge in [0.2, 0.25) is 0 Å². The van der Waals surface area contributed by atoms with Crippen LogP contribution in [0.1, 0.15) is 13.3 Å². The first-order valence-corrected chi connectivity index (χ1v) is 5.40. The van der Waals surface area contributed by atoms with E-state index in [0.29, 0.717) is 17.5 Å². The summed E-state index contributed by atoms with van der Waals surface area (Å²) in [6, 6.07) is 4.24. The van der Waals surface area contributed by atoms with E-state index in [-0.39, 0.29) is 11.5 Å². The van der Waals surface area contributed by atoms with E-state index in [0.717, 1.165) is 0 Å². The smallest absolute Gasteiger partial charge is 0.490 e. The van der Waals surface area contributed by atoms with Gasteiger partial charge in [-0.2, -0.15) is 0 Å². The van der Waals surface area contributed by atoms with E-state index in [2.05, 4.69) is 20.7 Å². The molecule has 0 fully saturated rings. The number of rotatable bonds is 4. The second kappa shape index (κ2) is 5.43. The number of hydrogen-bond acceptors (Lipinski definition) is 2. The number of hydrogen-bond donors (Lipinski definition) is 0. The molecule has 0 saturated heterocycles. The minimum absolute atomic E-state index is 0.0855. The highest BCUT2D eigenvalue weighted by atomic mass is 79.9. The molecule has 0 saturated carbocycles. The average Bonchev–Trinajstić information content (AvgIpc) is 2.14. The maximum absolute atomic E-state index is 12.1. The lowest BCUT2D eigenvalue weighted by atomic mass is 10.3. The van der Waals surface area contributed by atoms with Gasteiger partial charge in [-0.3, -0.25) is 0 Å². The van der Waals surface area contributed by atoms with Gasteiger partial charge < -0.3 is 9.47 Å². The third-order valence-electron chi connectivity index (χ3n) is 1.59.